The minimum Gasteiger partial charge on any atom is -0.455 e. The van der Waals surface area contributed by atoms with Crippen LogP contribution in [-0.2, 0) is 16.1 Å². The number of para-hydroxylation sites is 1. The third-order valence-corrected chi connectivity index (χ3v) is 4.76. The van der Waals surface area contributed by atoms with Gasteiger partial charge in [-0.15, -0.1) is 11.3 Å². The second kappa shape index (κ2) is 8.20. The van der Waals surface area contributed by atoms with Gasteiger partial charge in [0, 0.05) is 23.0 Å². The van der Waals surface area contributed by atoms with Crippen molar-refractivity contribution < 1.29 is 14.3 Å². The van der Waals surface area contributed by atoms with Gasteiger partial charge >= 0.3 is 5.97 Å². The number of thiazole rings is 1. The molecule has 0 aliphatic carbocycles. The number of amides is 1. The summed E-state index contributed by atoms with van der Waals surface area (Å²) in [6.07, 6.45) is 0. The zero-order chi connectivity index (χ0) is 19.4. The first kappa shape index (κ1) is 18.9. The van der Waals surface area contributed by atoms with E-state index in [2.05, 4.69) is 4.98 Å². The number of nitrogens with two attached hydrogens (primary N) is 1. The number of ether oxygens (including phenoxy) is 1. The van der Waals surface area contributed by atoms with Crippen molar-refractivity contribution >= 4 is 51.3 Å². The van der Waals surface area contributed by atoms with Crippen LogP contribution in [0.5, 0.6) is 0 Å². The molecule has 6 nitrogen and oxygen atoms in total. The van der Waals surface area contributed by atoms with Crippen LogP contribution in [-0.4, -0.2) is 16.9 Å². The van der Waals surface area contributed by atoms with Crippen LogP contribution in [0.25, 0.3) is 0 Å². The molecule has 3 aromatic rings. The molecule has 27 heavy (non-hydrogen) atoms. The Morgan fingerprint density at radius 1 is 1.22 bits per heavy atom. The molecular formula is C19H16ClN3O3S. The van der Waals surface area contributed by atoms with Crippen LogP contribution in [0, 0.1) is 0 Å². The number of anilines is 3. The summed E-state index contributed by atoms with van der Waals surface area (Å²) in [4.78, 5) is 30.2. The van der Waals surface area contributed by atoms with Gasteiger partial charge in [-0.25, -0.2) is 9.78 Å². The predicted octanol–water partition coefficient (Wildman–Crippen LogP) is 4.42. The first-order chi connectivity index (χ1) is 13.0. The van der Waals surface area contributed by atoms with Gasteiger partial charge in [0.15, 0.2) is 5.13 Å². The smallest absolute Gasteiger partial charge is 0.340 e. The Balaban J connectivity index is 1.73. The van der Waals surface area contributed by atoms with Crippen LogP contribution in [0.4, 0.5) is 16.5 Å². The van der Waals surface area contributed by atoms with Crippen molar-refractivity contribution in [2.75, 3.05) is 10.6 Å². The average Bonchev–Trinajstić information content (AvgIpc) is 3.11. The Hall–Kier alpha value is -2.90. The lowest BCUT2D eigenvalue weighted by Gasteiger charge is -2.17. The second-order valence-electron chi connectivity index (χ2n) is 5.62. The molecule has 1 amide bonds. The van der Waals surface area contributed by atoms with E-state index in [1.165, 1.54) is 29.2 Å². The SMILES string of the molecule is CC(=O)N(c1ccccc1)c1nc(COC(=O)c2cc(Cl)ccc2N)cs1. The number of halogens is 1. The Morgan fingerprint density at radius 3 is 2.67 bits per heavy atom. The molecule has 2 N–H and O–H groups in total. The highest BCUT2D eigenvalue weighted by molar-refractivity contribution is 7.14. The van der Waals surface area contributed by atoms with Crippen LogP contribution >= 0.6 is 22.9 Å². The van der Waals surface area contributed by atoms with Crippen LogP contribution in [0.1, 0.15) is 23.0 Å². The molecule has 0 fully saturated rings. The number of esters is 1. The molecule has 0 saturated heterocycles. The number of hydrogen-bond acceptors (Lipinski definition) is 6. The molecule has 1 aromatic heterocycles. The summed E-state index contributed by atoms with van der Waals surface area (Å²) >= 11 is 7.18. The van der Waals surface area contributed by atoms with Gasteiger partial charge in [0.1, 0.15) is 6.61 Å². The van der Waals surface area contributed by atoms with Gasteiger partial charge in [0.05, 0.1) is 16.9 Å². The van der Waals surface area contributed by atoms with Gasteiger partial charge in [0.2, 0.25) is 5.91 Å². The summed E-state index contributed by atoms with van der Waals surface area (Å²) in [7, 11) is 0. The molecule has 0 aliphatic rings. The summed E-state index contributed by atoms with van der Waals surface area (Å²) < 4.78 is 5.27. The molecule has 0 saturated carbocycles. The monoisotopic (exact) mass is 401 g/mol. The minimum atomic E-state index is -0.587. The van der Waals surface area contributed by atoms with Crippen LogP contribution < -0.4 is 10.6 Å². The van der Waals surface area contributed by atoms with Crippen molar-refractivity contribution in [2.45, 2.75) is 13.5 Å². The maximum Gasteiger partial charge on any atom is 0.340 e. The molecule has 0 unspecified atom stereocenters. The van der Waals surface area contributed by atoms with E-state index in [1.807, 2.05) is 30.3 Å². The number of benzene rings is 2. The Bertz CT molecular complexity index is 975. The number of hydrogen-bond donors (Lipinski definition) is 1. The molecule has 8 heteroatoms. The van der Waals surface area contributed by atoms with Crippen molar-refractivity contribution in [3.63, 3.8) is 0 Å². The van der Waals surface area contributed by atoms with Gasteiger partial charge in [-0.2, -0.15) is 0 Å². The van der Waals surface area contributed by atoms with E-state index < -0.39 is 5.97 Å². The van der Waals surface area contributed by atoms with Crippen molar-refractivity contribution in [2.24, 2.45) is 0 Å². The highest BCUT2D eigenvalue weighted by Crippen LogP contribution is 2.29. The van der Waals surface area contributed by atoms with Crippen molar-refractivity contribution in [3.05, 3.63) is 70.2 Å². The molecule has 0 bridgehead atoms. The standard InChI is InChI=1S/C19H16ClN3O3S/c1-12(24)23(15-5-3-2-4-6-15)19-22-14(11-27-19)10-26-18(25)16-9-13(20)7-8-17(16)21/h2-9,11H,10,21H2,1H3. The lowest BCUT2D eigenvalue weighted by molar-refractivity contribution is -0.115. The summed E-state index contributed by atoms with van der Waals surface area (Å²) in [5.41, 5.74) is 7.52. The van der Waals surface area contributed by atoms with Gasteiger partial charge in [-0.05, 0) is 30.3 Å². The fourth-order valence-electron chi connectivity index (χ4n) is 2.39. The first-order valence-corrected chi connectivity index (χ1v) is 9.24. The van der Waals surface area contributed by atoms with Crippen molar-refractivity contribution in [1.29, 1.82) is 0 Å². The first-order valence-electron chi connectivity index (χ1n) is 7.98. The predicted molar refractivity (Wildman–Crippen MR) is 106 cm³/mol. The van der Waals surface area contributed by atoms with Gasteiger partial charge in [0.25, 0.3) is 0 Å². The van der Waals surface area contributed by atoms with E-state index in [0.29, 0.717) is 15.8 Å². The molecule has 0 radical (unpaired) electrons. The Morgan fingerprint density at radius 2 is 1.96 bits per heavy atom. The van der Waals surface area contributed by atoms with Crippen molar-refractivity contribution in [3.8, 4) is 0 Å². The second-order valence-corrected chi connectivity index (χ2v) is 6.89. The quantitative estimate of drug-likeness (QED) is 0.505. The fourth-order valence-corrected chi connectivity index (χ4v) is 3.44. The Labute approximate surface area is 165 Å². The van der Waals surface area contributed by atoms with E-state index in [0.717, 1.165) is 5.69 Å². The minimum absolute atomic E-state index is 0.0399. The van der Waals surface area contributed by atoms with Gasteiger partial charge in [-0.3, -0.25) is 9.69 Å². The third kappa shape index (κ3) is 4.45. The molecule has 2 aromatic carbocycles. The normalized spacial score (nSPS) is 10.4. The zero-order valence-corrected chi connectivity index (χ0v) is 16.0. The van der Waals surface area contributed by atoms with Crippen molar-refractivity contribution in [1.82, 2.24) is 4.98 Å². The third-order valence-electron chi connectivity index (χ3n) is 3.65. The van der Waals surface area contributed by atoms with E-state index in [4.69, 9.17) is 22.1 Å². The van der Waals surface area contributed by atoms with E-state index >= 15 is 0 Å². The van der Waals surface area contributed by atoms with E-state index in [9.17, 15) is 9.59 Å². The number of nitrogen functional groups attached to an aromatic ring is 1. The van der Waals surface area contributed by atoms with Crippen LogP contribution in [0.2, 0.25) is 5.02 Å². The molecule has 1 heterocycles. The number of carbonyl (C=O) groups excluding carboxylic acids is 2. The molecule has 3 rings (SSSR count). The van der Waals surface area contributed by atoms with E-state index in [1.54, 1.807) is 17.5 Å². The summed E-state index contributed by atoms with van der Waals surface area (Å²) in [5.74, 6) is -0.748. The van der Waals surface area contributed by atoms with Crippen LogP contribution in [0.3, 0.4) is 0 Å². The highest BCUT2D eigenvalue weighted by atomic mass is 35.5. The van der Waals surface area contributed by atoms with Gasteiger partial charge in [-0.1, -0.05) is 29.8 Å². The summed E-state index contributed by atoms with van der Waals surface area (Å²) in [6.45, 7) is 1.43. The maximum atomic E-state index is 12.2. The molecule has 0 atom stereocenters. The number of rotatable bonds is 5. The summed E-state index contributed by atoms with van der Waals surface area (Å²) in [5, 5.41) is 2.64. The summed E-state index contributed by atoms with van der Waals surface area (Å²) in [6, 6.07) is 13.8. The van der Waals surface area contributed by atoms with E-state index in [-0.39, 0.29) is 23.8 Å². The molecule has 0 aliphatic heterocycles. The Kier molecular flexibility index (Phi) is 5.73. The highest BCUT2D eigenvalue weighted by Gasteiger charge is 2.18. The van der Waals surface area contributed by atoms with Crippen LogP contribution in [0.15, 0.2) is 53.9 Å². The lowest BCUT2D eigenvalue weighted by Crippen LogP contribution is -2.22. The molecule has 0 spiro atoms. The molecule has 138 valence electrons. The lowest BCUT2D eigenvalue weighted by atomic mass is 10.2. The number of nitrogens with zero attached hydrogens (tertiary/aromatic N) is 2. The van der Waals surface area contributed by atoms with Gasteiger partial charge < -0.3 is 10.5 Å². The number of carbonyl (C=O) groups is 2. The molecular weight excluding hydrogens is 386 g/mol. The average molecular weight is 402 g/mol. The zero-order valence-electron chi connectivity index (χ0n) is 14.4. The largest absolute Gasteiger partial charge is 0.455 e. The fraction of sp³-hybridized carbons (Fsp3) is 0.105. The topological polar surface area (TPSA) is 85.5 Å². The maximum absolute atomic E-state index is 12.2. The number of aromatic nitrogens is 1.